The molecule has 3 heterocycles. The molecule has 2 amide bonds. The van der Waals surface area contributed by atoms with E-state index in [1.165, 1.54) is 6.26 Å². The number of carbonyl (C=O) groups is 2. The highest BCUT2D eigenvalue weighted by Gasteiger charge is 2.27. The summed E-state index contributed by atoms with van der Waals surface area (Å²) in [4.78, 5) is 29.4. The third-order valence-electron chi connectivity index (χ3n) is 5.43. The lowest BCUT2D eigenvalue weighted by Gasteiger charge is -2.25. The molecule has 0 spiro atoms. The molecule has 9 heteroatoms. The predicted octanol–water partition coefficient (Wildman–Crippen LogP) is 2.92. The number of aryl methyl sites for hydroxylation is 1. The minimum atomic E-state index is -0.694. The van der Waals surface area contributed by atoms with Gasteiger partial charge >= 0.3 is 0 Å². The zero-order valence-corrected chi connectivity index (χ0v) is 17.9. The molecule has 0 saturated carbocycles. The first-order valence-electron chi connectivity index (χ1n) is 10.5. The molecule has 0 fully saturated rings. The largest absolute Gasteiger partial charge is 0.485 e. The Hall–Kier alpha value is -4.27. The van der Waals surface area contributed by atoms with E-state index >= 15 is 0 Å². The topological polar surface area (TPSA) is 108 Å². The SMILES string of the molecule is Cn1c(CCNC(=O)[C@H]2COc3ccccc3O2)nc2cc(NC(=O)c3ccco3)ccc21. The van der Waals surface area contributed by atoms with E-state index in [0.717, 1.165) is 16.9 Å². The van der Waals surface area contributed by atoms with Gasteiger partial charge in [-0.1, -0.05) is 12.1 Å². The van der Waals surface area contributed by atoms with Crippen molar-refractivity contribution in [3.63, 3.8) is 0 Å². The number of carbonyl (C=O) groups excluding carboxylic acids is 2. The number of hydrogen-bond acceptors (Lipinski definition) is 6. The van der Waals surface area contributed by atoms with Crippen molar-refractivity contribution in [3.8, 4) is 11.5 Å². The average Bonchev–Trinajstić information content (AvgIpc) is 3.47. The fraction of sp³-hybridized carbons (Fsp3) is 0.208. The number of aromatic nitrogens is 2. The third kappa shape index (κ3) is 4.25. The molecule has 2 N–H and O–H groups in total. The van der Waals surface area contributed by atoms with Gasteiger partial charge in [0.05, 0.1) is 17.3 Å². The fourth-order valence-electron chi connectivity index (χ4n) is 3.71. The standard InChI is InChI=1S/C24H22N4O5/c1-28-17-9-8-15(26-24(30)20-7-4-12-31-20)13-16(17)27-22(28)10-11-25-23(29)21-14-32-18-5-2-3-6-19(18)33-21/h2-9,12-13,21H,10-11,14H2,1H3,(H,25,29)(H,26,30)/t21-/m1/s1. The number of amides is 2. The average molecular weight is 446 g/mol. The van der Waals surface area contributed by atoms with Crippen molar-refractivity contribution < 1.29 is 23.5 Å². The number of rotatable bonds is 6. The maximum absolute atomic E-state index is 12.5. The Balaban J connectivity index is 1.20. The highest BCUT2D eigenvalue weighted by molar-refractivity contribution is 6.03. The molecule has 0 aliphatic carbocycles. The molecule has 9 nitrogen and oxygen atoms in total. The molecule has 0 radical (unpaired) electrons. The van der Waals surface area contributed by atoms with Crippen LogP contribution in [0.25, 0.3) is 11.0 Å². The second-order valence-corrected chi connectivity index (χ2v) is 7.63. The lowest BCUT2D eigenvalue weighted by Crippen LogP contribution is -2.44. The molecule has 2 aromatic carbocycles. The zero-order valence-electron chi connectivity index (χ0n) is 17.9. The zero-order chi connectivity index (χ0) is 22.8. The van der Waals surface area contributed by atoms with Crippen LogP contribution in [0.3, 0.4) is 0 Å². The minimum Gasteiger partial charge on any atom is -0.485 e. The van der Waals surface area contributed by atoms with Crippen molar-refractivity contribution in [2.45, 2.75) is 12.5 Å². The van der Waals surface area contributed by atoms with Gasteiger partial charge in [0.25, 0.3) is 11.8 Å². The van der Waals surface area contributed by atoms with Crippen LogP contribution in [-0.2, 0) is 18.3 Å². The lowest BCUT2D eigenvalue weighted by molar-refractivity contribution is -0.130. The number of hydrogen-bond donors (Lipinski definition) is 2. The molecule has 1 aliphatic rings. The Bertz CT molecular complexity index is 1310. The first kappa shape index (κ1) is 20.6. The Morgan fingerprint density at radius 3 is 2.79 bits per heavy atom. The van der Waals surface area contributed by atoms with Crippen LogP contribution in [0.5, 0.6) is 11.5 Å². The van der Waals surface area contributed by atoms with Crippen LogP contribution in [0.15, 0.2) is 65.3 Å². The van der Waals surface area contributed by atoms with Crippen LogP contribution in [0.2, 0.25) is 0 Å². The number of nitrogens with zero attached hydrogens (tertiary/aromatic N) is 2. The molecular formula is C24H22N4O5. The van der Waals surface area contributed by atoms with Crippen LogP contribution in [-0.4, -0.2) is 40.6 Å². The lowest BCUT2D eigenvalue weighted by atomic mass is 10.2. The summed E-state index contributed by atoms with van der Waals surface area (Å²) in [5, 5.41) is 5.69. The number of fused-ring (bicyclic) bond motifs is 2. The second-order valence-electron chi connectivity index (χ2n) is 7.63. The van der Waals surface area contributed by atoms with Gasteiger partial charge in [0.1, 0.15) is 12.4 Å². The van der Waals surface area contributed by atoms with Crippen LogP contribution in [0.1, 0.15) is 16.4 Å². The molecule has 0 saturated heterocycles. The molecule has 33 heavy (non-hydrogen) atoms. The molecule has 0 unspecified atom stereocenters. The Labute approximate surface area is 189 Å². The number of nitrogens with one attached hydrogen (secondary N) is 2. The monoisotopic (exact) mass is 446 g/mol. The quantitative estimate of drug-likeness (QED) is 0.472. The van der Waals surface area contributed by atoms with E-state index in [4.69, 9.17) is 13.9 Å². The summed E-state index contributed by atoms with van der Waals surface area (Å²) in [6, 6.07) is 16.1. The second kappa shape index (κ2) is 8.70. The third-order valence-corrected chi connectivity index (χ3v) is 5.43. The highest BCUT2D eigenvalue weighted by Crippen LogP contribution is 2.30. The van der Waals surface area contributed by atoms with Gasteiger partial charge in [0, 0.05) is 25.7 Å². The van der Waals surface area contributed by atoms with Gasteiger partial charge in [0.15, 0.2) is 17.3 Å². The molecule has 1 aliphatic heterocycles. The van der Waals surface area contributed by atoms with Crippen molar-refractivity contribution in [2.24, 2.45) is 7.05 Å². The number of para-hydroxylation sites is 2. The van der Waals surface area contributed by atoms with Gasteiger partial charge in [-0.2, -0.15) is 0 Å². The summed E-state index contributed by atoms with van der Waals surface area (Å²) in [5.41, 5.74) is 2.29. The Kier molecular flexibility index (Phi) is 5.43. The summed E-state index contributed by atoms with van der Waals surface area (Å²) in [5.74, 6) is 1.70. The maximum Gasteiger partial charge on any atom is 0.291 e. The summed E-state index contributed by atoms with van der Waals surface area (Å²) < 4.78 is 18.4. The van der Waals surface area contributed by atoms with Crippen LogP contribution in [0, 0.1) is 0 Å². The van der Waals surface area contributed by atoms with Crippen LogP contribution >= 0.6 is 0 Å². The molecule has 4 aromatic rings. The van der Waals surface area contributed by atoms with E-state index < -0.39 is 6.10 Å². The molecule has 5 rings (SSSR count). The van der Waals surface area contributed by atoms with Gasteiger partial charge in [-0.05, 0) is 42.5 Å². The van der Waals surface area contributed by atoms with Gasteiger partial charge < -0.3 is 29.1 Å². The normalized spacial score (nSPS) is 14.8. The number of benzene rings is 2. The molecule has 2 aromatic heterocycles. The van der Waals surface area contributed by atoms with Crippen LogP contribution < -0.4 is 20.1 Å². The summed E-state index contributed by atoms with van der Waals surface area (Å²) in [6.45, 7) is 0.571. The number of ether oxygens (including phenoxy) is 2. The first-order chi connectivity index (χ1) is 16.1. The molecule has 1 atom stereocenters. The number of furan rings is 1. The van der Waals surface area contributed by atoms with E-state index in [9.17, 15) is 9.59 Å². The summed E-state index contributed by atoms with van der Waals surface area (Å²) in [7, 11) is 1.92. The van der Waals surface area contributed by atoms with E-state index in [-0.39, 0.29) is 24.2 Å². The smallest absolute Gasteiger partial charge is 0.291 e. The molecular weight excluding hydrogens is 424 g/mol. The van der Waals surface area contributed by atoms with Gasteiger partial charge in [0.2, 0.25) is 6.10 Å². The van der Waals surface area contributed by atoms with Crippen molar-refractivity contribution in [3.05, 3.63) is 72.4 Å². The van der Waals surface area contributed by atoms with Crippen molar-refractivity contribution in [1.82, 2.24) is 14.9 Å². The van der Waals surface area contributed by atoms with Crippen molar-refractivity contribution >= 4 is 28.5 Å². The summed E-state index contributed by atoms with van der Waals surface area (Å²) in [6.07, 6.45) is 1.30. The van der Waals surface area contributed by atoms with E-state index in [1.54, 1.807) is 18.2 Å². The Morgan fingerprint density at radius 1 is 1.12 bits per heavy atom. The Morgan fingerprint density at radius 2 is 1.97 bits per heavy atom. The number of imidazole rings is 1. The first-order valence-corrected chi connectivity index (χ1v) is 10.5. The highest BCUT2D eigenvalue weighted by atomic mass is 16.6. The fourth-order valence-corrected chi connectivity index (χ4v) is 3.71. The van der Waals surface area contributed by atoms with E-state index in [0.29, 0.717) is 30.2 Å². The van der Waals surface area contributed by atoms with Crippen molar-refractivity contribution in [2.75, 3.05) is 18.5 Å². The van der Waals surface area contributed by atoms with E-state index in [2.05, 4.69) is 15.6 Å². The van der Waals surface area contributed by atoms with Crippen molar-refractivity contribution in [1.29, 1.82) is 0 Å². The molecule has 0 bridgehead atoms. The minimum absolute atomic E-state index is 0.168. The van der Waals surface area contributed by atoms with Gasteiger partial charge in [-0.25, -0.2) is 4.98 Å². The van der Waals surface area contributed by atoms with Gasteiger partial charge in [-0.3, -0.25) is 9.59 Å². The summed E-state index contributed by atoms with van der Waals surface area (Å²) >= 11 is 0. The molecule has 168 valence electrons. The predicted molar refractivity (Wildman–Crippen MR) is 120 cm³/mol. The van der Waals surface area contributed by atoms with E-state index in [1.807, 2.05) is 48.0 Å². The van der Waals surface area contributed by atoms with Crippen LogP contribution in [0.4, 0.5) is 5.69 Å². The van der Waals surface area contributed by atoms with Gasteiger partial charge in [-0.15, -0.1) is 0 Å². The number of anilines is 1. The maximum atomic E-state index is 12.5.